The molecule has 7 heteroatoms. The Hall–Kier alpha value is -1.51. The molecule has 2 saturated heterocycles. The standard InChI is InChI=1S/C19H18IN2O4/c23-16-12-8-1-2-9(5-8)13(12)17(24)21(16)7-20-22-18(25)14-10-3-4-11(6-10)15(14)19(22)26/h1-4,8-15H,5-7H2/q-1. The summed E-state index contributed by atoms with van der Waals surface area (Å²) in [7, 11) is 0. The Morgan fingerprint density at radius 1 is 0.692 bits per heavy atom. The van der Waals surface area contributed by atoms with E-state index < -0.39 is 21.5 Å². The SMILES string of the molecule is O=C1C2C3C=CC(C3)C2C(=O)N1C[I-]N1C(=O)C2C3C=CC(C3)C2C1=O. The Labute approximate surface area is 161 Å². The van der Waals surface area contributed by atoms with Crippen LogP contribution in [0.5, 0.6) is 0 Å². The minimum absolute atomic E-state index is 0.0642. The summed E-state index contributed by atoms with van der Waals surface area (Å²) in [5, 5.41) is 0. The number of hydrogen-bond acceptors (Lipinski definition) is 4. The number of nitrogens with zero attached hydrogens (tertiary/aromatic N) is 2. The first-order valence-corrected chi connectivity index (χ1v) is 11.7. The van der Waals surface area contributed by atoms with E-state index in [1.165, 1.54) is 8.01 Å². The second kappa shape index (κ2) is 5.05. The first-order chi connectivity index (χ1) is 12.6. The second-order valence-corrected chi connectivity index (χ2v) is 10.6. The zero-order chi connectivity index (χ0) is 17.7. The second-order valence-electron chi connectivity index (χ2n) is 8.30. The first-order valence-electron chi connectivity index (χ1n) is 9.25. The van der Waals surface area contributed by atoms with Crippen LogP contribution < -0.4 is 21.5 Å². The van der Waals surface area contributed by atoms with Gasteiger partial charge in [0.15, 0.2) is 0 Å². The van der Waals surface area contributed by atoms with Gasteiger partial charge in [-0.3, -0.25) is 0 Å². The molecule has 2 heterocycles. The summed E-state index contributed by atoms with van der Waals surface area (Å²) in [6.07, 6.45) is 10.1. The summed E-state index contributed by atoms with van der Waals surface area (Å²) < 4.78 is 1.67. The first kappa shape index (κ1) is 15.5. The van der Waals surface area contributed by atoms with Crippen LogP contribution in [0.15, 0.2) is 24.3 Å². The van der Waals surface area contributed by atoms with E-state index in [9.17, 15) is 19.2 Å². The number of likely N-dealkylation sites (tertiary alicyclic amines) is 1. The van der Waals surface area contributed by atoms with Crippen LogP contribution in [0, 0.1) is 47.3 Å². The third-order valence-corrected chi connectivity index (χ3v) is 9.89. The van der Waals surface area contributed by atoms with E-state index in [1.54, 1.807) is 0 Å². The zero-order valence-corrected chi connectivity index (χ0v) is 16.1. The maximum atomic E-state index is 12.8. The maximum absolute atomic E-state index is 12.8. The molecular weight excluding hydrogens is 447 g/mol. The van der Waals surface area contributed by atoms with Gasteiger partial charge in [-0.05, 0) is 0 Å². The minimum atomic E-state index is -1.02. The van der Waals surface area contributed by atoms with Crippen molar-refractivity contribution >= 4 is 23.6 Å². The molecule has 8 unspecified atom stereocenters. The van der Waals surface area contributed by atoms with Crippen LogP contribution in [-0.4, -0.2) is 36.2 Å². The molecule has 4 aliphatic carbocycles. The number of alkyl halides is 1. The third-order valence-electron chi connectivity index (χ3n) is 7.27. The average molecular weight is 465 g/mol. The van der Waals surface area contributed by atoms with Crippen LogP contribution in [0.2, 0.25) is 0 Å². The van der Waals surface area contributed by atoms with Gasteiger partial charge in [-0.2, -0.15) is 0 Å². The number of halogens is 1. The summed E-state index contributed by atoms with van der Waals surface area (Å²) >= 11 is -1.02. The number of allylic oxidation sites excluding steroid dienone is 4. The predicted octanol–water partition coefficient (Wildman–Crippen LogP) is -2.44. The van der Waals surface area contributed by atoms with Crippen LogP contribution in [0.3, 0.4) is 0 Å². The molecule has 0 N–H and O–H groups in total. The quantitative estimate of drug-likeness (QED) is 0.116. The number of carbonyl (C=O) groups is 4. The van der Waals surface area contributed by atoms with Crippen LogP contribution in [0.25, 0.3) is 0 Å². The normalized spacial score (nSPS) is 47.2. The number of fused-ring (bicyclic) bond motifs is 10. The predicted molar refractivity (Wildman–Crippen MR) is 84.0 cm³/mol. The molecular formula is C19H18IN2O4-. The van der Waals surface area contributed by atoms with Gasteiger partial charge in [0.05, 0.1) is 0 Å². The van der Waals surface area contributed by atoms with Crippen molar-refractivity contribution in [3.05, 3.63) is 24.3 Å². The molecule has 0 aromatic carbocycles. The molecule has 6 rings (SSSR count). The topological polar surface area (TPSA) is 74.8 Å². The van der Waals surface area contributed by atoms with Crippen LogP contribution in [0.4, 0.5) is 0 Å². The summed E-state index contributed by atoms with van der Waals surface area (Å²) in [6, 6.07) is 0. The van der Waals surface area contributed by atoms with E-state index in [1.807, 2.05) is 0 Å². The van der Waals surface area contributed by atoms with Gasteiger partial charge in [-0.1, -0.05) is 0 Å². The fourth-order valence-electron chi connectivity index (χ4n) is 6.17. The molecule has 6 nitrogen and oxygen atoms in total. The average Bonchev–Trinajstić information content (AvgIpc) is 3.43. The van der Waals surface area contributed by atoms with Crippen molar-refractivity contribution < 1.29 is 40.7 Å². The van der Waals surface area contributed by atoms with E-state index in [-0.39, 0.29) is 75.5 Å². The van der Waals surface area contributed by atoms with E-state index in [0.29, 0.717) is 0 Å². The molecule has 0 radical (unpaired) electrons. The number of amides is 4. The van der Waals surface area contributed by atoms with Crippen molar-refractivity contribution in [1.29, 1.82) is 0 Å². The number of hydrogen-bond donors (Lipinski definition) is 0. The number of imide groups is 2. The van der Waals surface area contributed by atoms with E-state index >= 15 is 0 Å². The van der Waals surface area contributed by atoms with Crippen LogP contribution >= 0.6 is 0 Å². The van der Waals surface area contributed by atoms with Gasteiger partial charge in [-0.25, -0.2) is 0 Å². The monoisotopic (exact) mass is 465 g/mol. The van der Waals surface area contributed by atoms with Crippen molar-refractivity contribution in [2.75, 3.05) is 4.55 Å². The fraction of sp³-hybridized carbons (Fsp3) is 0.579. The summed E-state index contributed by atoms with van der Waals surface area (Å²) in [6.45, 7) is 0. The van der Waals surface area contributed by atoms with Gasteiger partial charge in [0.1, 0.15) is 0 Å². The molecule has 2 aliphatic heterocycles. The molecule has 8 atom stereocenters. The van der Waals surface area contributed by atoms with E-state index in [2.05, 4.69) is 24.3 Å². The molecule has 26 heavy (non-hydrogen) atoms. The van der Waals surface area contributed by atoms with Crippen LogP contribution in [0.1, 0.15) is 12.8 Å². The van der Waals surface area contributed by atoms with E-state index in [4.69, 9.17) is 0 Å². The van der Waals surface area contributed by atoms with Crippen molar-refractivity contribution in [1.82, 2.24) is 8.01 Å². The molecule has 0 aromatic heterocycles. The number of rotatable bonds is 3. The Morgan fingerprint density at radius 2 is 1.08 bits per heavy atom. The molecule has 136 valence electrons. The van der Waals surface area contributed by atoms with Crippen LogP contribution in [-0.2, 0) is 19.2 Å². The molecule has 4 bridgehead atoms. The summed E-state index contributed by atoms with van der Waals surface area (Å²) in [4.78, 5) is 52.4. The molecule has 4 amide bonds. The molecule has 0 spiro atoms. The van der Waals surface area contributed by atoms with Gasteiger partial charge in [0.2, 0.25) is 0 Å². The molecule has 2 saturated carbocycles. The Morgan fingerprint density at radius 3 is 1.50 bits per heavy atom. The van der Waals surface area contributed by atoms with Gasteiger partial charge in [0.25, 0.3) is 0 Å². The number of carbonyl (C=O) groups excluding carboxylic acids is 4. The molecule has 6 aliphatic rings. The molecule has 0 aromatic rings. The van der Waals surface area contributed by atoms with Crippen molar-refractivity contribution in [3.8, 4) is 0 Å². The zero-order valence-electron chi connectivity index (χ0n) is 14.0. The van der Waals surface area contributed by atoms with E-state index in [0.717, 1.165) is 12.8 Å². The van der Waals surface area contributed by atoms with Crippen molar-refractivity contribution in [3.63, 3.8) is 0 Å². The Kier molecular flexibility index (Phi) is 3.02. The summed E-state index contributed by atoms with van der Waals surface area (Å²) in [5.74, 6) is -0.300. The Balaban J connectivity index is 1.19. The van der Waals surface area contributed by atoms with Gasteiger partial charge >= 0.3 is 161 Å². The van der Waals surface area contributed by atoms with Gasteiger partial charge in [0, 0.05) is 0 Å². The van der Waals surface area contributed by atoms with Crippen molar-refractivity contribution in [2.45, 2.75) is 12.8 Å². The van der Waals surface area contributed by atoms with Gasteiger partial charge < -0.3 is 0 Å². The third kappa shape index (κ3) is 1.73. The summed E-state index contributed by atoms with van der Waals surface area (Å²) in [5.41, 5.74) is 0. The molecule has 4 fully saturated rings. The fourth-order valence-corrected chi connectivity index (χ4v) is 8.77. The van der Waals surface area contributed by atoms with Crippen molar-refractivity contribution in [2.24, 2.45) is 47.3 Å². The Bertz CT molecular complexity index is 707. The van der Waals surface area contributed by atoms with Gasteiger partial charge in [-0.15, -0.1) is 0 Å².